The fraction of sp³-hybridized carbons (Fsp3) is 0.480. The molecule has 2 fully saturated rings. The van der Waals surface area contributed by atoms with Crippen molar-refractivity contribution >= 4 is 34.9 Å². The molecule has 3 aromatic rings. The maximum atomic E-state index is 12.3. The topological polar surface area (TPSA) is 114 Å². The first-order chi connectivity index (χ1) is 17.7. The van der Waals surface area contributed by atoms with Crippen molar-refractivity contribution in [2.24, 2.45) is 0 Å². The number of hydrogen-bond donors (Lipinski definition) is 3. The molecule has 0 aromatic carbocycles. The molecular weight excluding hydrogens is 494 g/mol. The number of thiazole rings is 1. The Hall–Kier alpha value is -2.76. The number of hydrogen-bond acceptors (Lipinski definition) is 10. The maximum Gasteiger partial charge on any atom is 0.280 e. The normalized spacial score (nSPS) is 17.0. The number of nitrogens with zero attached hydrogens (tertiary/aromatic N) is 4. The number of nitrogens with one attached hydrogen (secondary N) is 3. The maximum absolute atomic E-state index is 12.3. The third-order valence-corrected chi connectivity index (χ3v) is 7.77. The van der Waals surface area contributed by atoms with E-state index in [9.17, 15) is 4.79 Å². The molecule has 9 nitrogen and oxygen atoms in total. The summed E-state index contributed by atoms with van der Waals surface area (Å²) in [5.74, 6) is 0.334. The minimum Gasteiger partial charge on any atom is -0.477 e. The van der Waals surface area contributed by atoms with Crippen LogP contribution in [0.5, 0.6) is 5.88 Å². The van der Waals surface area contributed by atoms with E-state index in [0.29, 0.717) is 35.8 Å². The molecule has 0 radical (unpaired) electrons. The molecule has 1 saturated heterocycles. The monoisotopic (exact) mass is 527 g/mol. The van der Waals surface area contributed by atoms with E-state index in [1.54, 1.807) is 31.0 Å². The Kier molecular flexibility index (Phi) is 10.3. The standard InChI is InChI=1S/C17H23N5O2S.C8H10N2S/c1-2-24-15-11-18-9-13(22-15)14-10-21-17(25-14)16(23)20-8-6-12-5-3-4-7-19-12;1-2-8(1)11-10-7-3-5-9-6-4-7/h9-12,19H,2-8H2,1H3,(H,20,23);3-6,8H,1-2H2,(H,9,10). The molecule has 1 saturated carbocycles. The lowest BCUT2D eigenvalue weighted by Gasteiger charge is -2.23. The third kappa shape index (κ3) is 8.72. The Morgan fingerprint density at radius 2 is 2.03 bits per heavy atom. The SMILES string of the molecule is CCOc1cncc(-c2cnc(C(=O)NCCC3CCCCN3)s2)n1.c1cc(NSC2CC2)ccn1. The number of carbonyl (C=O) groups excluding carboxylic acids is 1. The fourth-order valence-corrected chi connectivity index (χ4v) is 5.14. The van der Waals surface area contributed by atoms with Crippen molar-refractivity contribution < 1.29 is 9.53 Å². The molecule has 4 heterocycles. The molecule has 1 aliphatic heterocycles. The number of rotatable bonds is 10. The Balaban J connectivity index is 0.000000229. The quantitative estimate of drug-likeness (QED) is 0.326. The molecule has 1 unspecified atom stereocenters. The third-order valence-electron chi connectivity index (χ3n) is 5.60. The molecule has 0 spiro atoms. The van der Waals surface area contributed by atoms with Crippen molar-refractivity contribution in [1.29, 1.82) is 0 Å². The molecule has 36 heavy (non-hydrogen) atoms. The lowest BCUT2D eigenvalue weighted by molar-refractivity contribution is 0.0951. The van der Waals surface area contributed by atoms with Crippen LogP contribution < -0.4 is 20.1 Å². The van der Waals surface area contributed by atoms with Crippen molar-refractivity contribution in [3.8, 4) is 16.5 Å². The van der Waals surface area contributed by atoms with Gasteiger partial charge in [-0.25, -0.2) is 9.97 Å². The summed E-state index contributed by atoms with van der Waals surface area (Å²) in [6.45, 7) is 4.16. The second-order valence-corrected chi connectivity index (χ2v) is 10.7. The van der Waals surface area contributed by atoms with E-state index in [1.807, 2.05) is 31.0 Å². The predicted molar refractivity (Wildman–Crippen MR) is 145 cm³/mol. The van der Waals surface area contributed by atoms with Gasteiger partial charge in [0.25, 0.3) is 5.91 Å². The van der Waals surface area contributed by atoms with E-state index < -0.39 is 0 Å². The van der Waals surface area contributed by atoms with Gasteiger partial charge in [0.2, 0.25) is 5.88 Å². The summed E-state index contributed by atoms with van der Waals surface area (Å²) in [7, 11) is 0. The fourth-order valence-electron chi connectivity index (χ4n) is 3.54. The van der Waals surface area contributed by atoms with Crippen molar-refractivity contribution in [3.63, 3.8) is 0 Å². The molecule has 11 heteroatoms. The molecule has 1 atom stereocenters. The summed E-state index contributed by atoms with van der Waals surface area (Å²) in [4.78, 5) is 29.7. The Labute approximate surface area is 220 Å². The van der Waals surface area contributed by atoms with Crippen LogP contribution in [-0.2, 0) is 0 Å². The number of ether oxygens (including phenoxy) is 1. The van der Waals surface area contributed by atoms with Crippen LogP contribution in [0.2, 0.25) is 0 Å². The zero-order valence-corrected chi connectivity index (χ0v) is 22.1. The van der Waals surface area contributed by atoms with Crippen LogP contribution in [0.15, 0.2) is 43.1 Å². The average molecular weight is 528 g/mol. The molecule has 0 bridgehead atoms. The number of pyridine rings is 1. The number of piperidine rings is 1. The summed E-state index contributed by atoms with van der Waals surface area (Å²) >= 11 is 3.13. The second-order valence-electron chi connectivity index (χ2n) is 8.55. The van der Waals surface area contributed by atoms with Gasteiger partial charge >= 0.3 is 0 Å². The molecule has 1 amide bonds. The highest BCUT2D eigenvalue weighted by Gasteiger charge is 2.21. The number of carbonyl (C=O) groups is 1. The van der Waals surface area contributed by atoms with Crippen LogP contribution in [0.3, 0.4) is 0 Å². The highest BCUT2D eigenvalue weighted by molar-refractivity contribution is 8.01. The molecule has 5 rings (SSSR count). The van der Waals surface area contributed by atoms with Crippen molar-refractivity contribution in [1.82, 2.24) is 30.6 Å². The largest absolute Gasteiger partial charge is 0.477 e. The summed E-state index contributed by atoms with van der Waals surface area (Å²) in [6, 6.07) is 4.47. The van der Waals surface area contributed by atoms with E-state index in [0.717, 1.165) is 28.8 Å². The predicted octanol–water partition coefficient (Wildman–Crippen LogP) is 4.56. The van der Waals surface area contributed by atoms with E-state index >= 15 is 0 Å². The van der Waals surface area contributed by atoms with E-state index in [4.69, 9.17) is 4.74 Å². The van der Waals surface area contributed by atoms with Gasteiger partial charge in [-0.15, -0.1) is 11.3 Å². The van der Waals surface area contributed by atoms with Gasteiger partial charge in [-0.1, -0.05) is 6.42 Å². The van der Waals surface area contributed by atoms with Crippen molar-refractivity contribution in [3.05, 3.63) is 48.1 Å². The summed E-state index contributed by atoms with van der Waals surface area (Å²) in [5.41, 5.74) is 1.81. The zero-order valence-electron chi connectivity index (χ0n) is 20.5. The summed E-state index contributed by atoms with van der Waals surface area (Å²) in [5, 5.41) is 7.72. The molecule has 192 valence electrons. The molecule has 3 N–H and O–H groups in total. The summed E-state index contributed by atoms with van der Waals surface area (Å²) < 4.78 is 8.64. The van der Waals surface area contributed by atoms with Gasteiger partial charge in [-0.2, -0.15) is 0 Å². The van der Waals surface area contributed by atoms with Gasteiger partial charge in [0.1, 0.15) is 5.69 Å². The van der Waals surface area contributed by atoms with Gasteiger partial charge in [0.05, 0.1) is 23.9 Å². The number of amides is 1. The van der Waals surface area contributed by atoms with Crippen molar-refractivity contribution in [2.45, 2.75) is 56.7 Å². The van der Waals surface area contributed by atoms with Gasteiger partial charge in [-0.05, 0) is 69.7 Å². The second kappa shape index (κ2) is 14.1. The zero-order chi connectivity index (χ0) is 25.0. The Morgan fingerprint density at radius 1 is 1.17 bits per heavy atom. The van der Waals surface area contributed by atoms with Gasteiger partial charge in [0, 0.05) is 42.1 Å². The van der Waals surface area contributed by atoms with E-state index in [-0.39, 0.29) is 5.91 Å². The van der Waals surface area contributed by atoms with Crippen LogP contribution >= 0.6 is 23.3 Å². The number of aromatic nitrogens is 4. The van der Waals surface area contributed by atoms with E-state index in [2.05, 4.69) is 35.3 Å². The molecular formula is C25H33N7O2S2. The first kappa shape index (κ1) is 26.3. The highest BCUT2D eigenvalue weighted by atomic mass is 32.2. The lowest BCUT2D eigenvalue weighted by Crippen LogP contribution is -2.37. The Morgan fingerprint density at radius 3 is 2.78 bits per heavy atom. The smallest absolute Gasteiger partial charge is 0.280 e. The molecule has 1 aliphatic carbocycles. The minimum absolute atomic E-state index is 0.138. The average Bonchev–Trinajstić information content (AvgIpc) is 3.62. The first-order valence-corrected chi connectivity index (χ1v) is 14.1. The molecule has 3 aromatic heterocycles. The van der Waals surface area contributed by atoms with E-state index in [1.165, 1.54) is 43.4 Å². The number of anilines is 1. The van der Waals surface area contributed by atoms with Crippen LogP contribution in [0, 0.1) is 0 Å². The Bertz CT molecular complexity index is 1070. The van der Waals surface area contributed by atoms with Crippen LogP contribution in [0.4, 0.5) is 5.69 Å². The minimum atomic E-state index is -0.138. The lowest BCUT2D eigenvalue weighted by atomic mass is 10.0. The summed E-state index contributed by atoms with van der Waals surface area (Å²) in [6.07, 6.45) is 15.9. The molecule has 2 aliphatic rings. The van der Waals surface area contributed by atoms with Gasteiger partial charge < -0.3 is 20.1 Å². The van der Waals surface area contributed by atoms with Crippen LogP contribution in [-0.4, -0.2) is 56.8 Å². The first-order valence-electron chi connectivity index (χ1n) is 12.5. The van der Waals surface area contributed by atoms with Crippen LogP contribution in [0.25, 0.3) is 10.6 Å². The van der Waals surface area contributed by atoms with Crippen LogP contribution in [0.1, 0.15) is 55.3 Å². The van der Waals surface area contributed by atoms with Crippen molar-refractivity contribution in [2.75, 3.05) is 24.4 Å². The highest BCUT2D eigenvalue weighted by Crippen LogP contribution is 2.34. The van der Waals surface area contributed by atoms with Gasteiger partial charge in [-0.3, -0.25) is 14.8 Å². The van der Waals surface area contributed by atoms with Gasteiger partial charge in [0.15, 0.2) is 5.01 Å².